The lowest BCUT2D eigenvalue weighted by Crippen LogP contribution is -2.31. The van der Waals surface area contributed by atoms with Gasteiger partial charge in [0.1, 0.15) is 11.5 Å². The van der Waals surface area contributed by atoms with Crippen molar-refractivity contribution < 1.29 is 9.53 Å². The van der Waals surface area contributed by atoms with Gasteiger partial charge in [-0.1, -0.05) is 18.6 Å². The maximum Gasteiger partial charge on any atom is 0.130 e. The van der Waals surface area contributed by atoms with Crippen LogP contribution in [0, 0.1) is 0 Å². The zero-order valence-electron chi connectivity index (χ0n) is 13.6. The molecule has 0 aromatic heterocycles. The summed E-state index contributed by atoms with van der Waals surface area (Å²) in [6, 6.07) is 8.14. The second kappa shape index (κ2) is 10.6. The second-order valence-electron chi connectivity index (χ2n) is 5.95. The molecule has 0 atom stereocenters. The number of Topliss-reactive ketones (excluding diaryl/α,β-unsaturated/α-hetero) is 1. The standard InChI is InChI=1S/C18H27NO2.ClH/c1-16(20)6-7-17-8-10-18(11-9-17)21-15-5-14-19-12-3-2-4-13-19;/h8-11H,2-7,12-15H2,1H3;1H. The summed E-state index contributed by atoms with van der Waals surface area (Å²) in [5.74, 6) is 1.17. The minimum atomic E-state index is 0. The van der Waals surface area contributed by atoms with Crippen LogP contribution in [0.5, 0.6) is 5.75 Å². The van der Waals surface area contributed by atoms with E-state index in [1.54, 1.807) is 6.92 Å². The highest BCUT2D eigenvalue weighted by Gasteiger charge is 2.08. The summed E-state index contributed by atoms with van der Waals surface area (Å²) in [5.41, 5.74) is 1.20. The lowest BCUT2D eigenvalue weighted by atomic mass is 10.1. The molecular formula is C18H28ClNO2. The van der Waals surface area contributed by atoms with E-state index in [0.717, 1.165) is 31.7 Å². The number of carbonyl (C=O) groups excluding carboxylic acids is 1. The molecule has 0 radical (unpaired) electrons. The smallest absolute Gasteiger partial charge is 0.130 e. The molecule has 1 saturated heterocycles. The van der Waals surface area contributed by atoms with E-state index < -0.39 is 0 Å². The maximum absolute atomic E-state index is 11.0. The molecule has 1 aromatic rings. The molecular weight excluding hydrogens is 298 g/mol. The SMILES string of the molecule is CC(=O)CCc1ccc(OCCCN2CCCCC2)cc1.Cl. The first kappa shape index (κ1) is 19.0. The van der Waals surface area contributed by atoms with Crippen LogP contribution in [0.25, 0.3) is 0 Å². The number of ether oxygens (including phenoxy) is 1. The first-order valence-corrected chi connectivity index (χ1v) is 8.17. The van der Waals surface area contributed by atoms with E-state index in [-0.39, 0.29) is 18.2 Å². The van der Waals surface area contributed by atoms with Crippen LogP contribution in [0.2, 0.25) is 0 Å². The molecule has 124 valence electrons. The summed E-state index contributed by atoms with van der Waals surface area (Å²) in [6.07, 6.45) is 6.63. The largest absolute Gasteiger partial charge is 0.494 e. The van der Waals surface area contributed by atoms with Gasteiger partial charge in [-0.25, -0.2) is 0 Å². The molecule has 0 saturated carbocycles. The number of halogens is 1. The molecule has 0 bridgehead atoms. The minimum absolute atomic E-state index is 0. The van der Waals surface area contributed by atoms with Crippen LogP contribution < -0.4 is 4.74 Å². The molecule has 1 heterocycles. The van der Waals surface area contributed by atoms with Crippen LogP contribution in [0.4, 0.5) is 0 Å². The second-order valence-corrected chi connectivity index (χ2v) is 5.95. The van der Waals surface area contributed by atoms with Crippen molar-refractivity contribution in [1.82, 2.24) is 4.90 Å². The monoisotopic (exact) mass is 325 g/mol. The number of aryl methyl sites for hydroxylation is 1. The fourth-order valence-corrected chi connectivity index (χ4v) is 2.73. The highest BCUT2D eigenvalue weighted by Crippen LogP contribution is 2.14. The molecule has 2 rings (SSSR count). The molecule has 1 fully saturated rings. The number of likely N-dealkylation sites (tertiary alicyclic amines) is 1. The van der Waals surface area contributed by atoms with E-state index in [2.05, 4.69) is 17.0 Å². The van der Waals surface area contributed by atoms with Gasteiger partial charge in [0.15, 0.2) is 0 Å². The Bertz CT molecular complexity index is 427. The molecule has 4 heteroatoms. The Labute approximate surface area is 140 Å². The van der Waals surface area contributed by atoms with E-state index in [1.807, 2.05) is 12.1 Å². The van der Waals surface area contributed by atoms with Gasteiger partial charge in [-0.15, -0.1) is 12.4 Å². The van der Waals surface area contributed by atoms with Crippen molar-refractivity contribution in [3.05, 3.63) is 29.8 Å². The zero-order chi connectivity index (χ0) is 14.9. The normalized spacial score (nSPS) is 15.1. The van der Waals surface area contributed by atoms with Crippen molar-refractivity contribution in [2.45, 2.75) is 45.4 Å². The van der Waals surface area contributed by atoms with Gasteiger partial charge in [0.25, 0.3) is 0 Å². The van der Waals surface area contributed by atoms with Gasteiger partial charge < -0.3 is 14.4 Å². The van der Waals surface area contributed by atoms with Gasteiger partial charge in [0, 0.05) is 13.0 Å². The van der Waals surface area contributed by atoms with E-state index in [9.17, 15) is 4.79 Å². The lowest BCUT2D eigenvalue weighted by Gasteiger charge is -2.26. The van der Waals surface area contributed by atoms with Crippen molar-refractivity contribution >= 4 is 18.2 Å². The van der Waals surface area contributed by atoms with Crippen LogP contribution in [0.3, 0.4) is 0 Å². The fourth-order valence-electron chi connectivity index (χ4n) is 2.73. The summed E-state index contributed by atoms with van der Waals surface area (Å²) < 4.78 is 5.78. The van der Waals surface area contributed by atoms with Crippen molar-refractivity contribution in [2.24, 2.45) is 0 Å². The van der Waals surface area contributed by atoms with Crippen molar-refractivity contribution in [2.75, 3.05) is 26.2 Å². The number of carbonyl (C=O) groups is 1. The molecule has 3 nitrogen and oxygen atoms in total. The van der Waals surface area contributed by atoms with Gasteiger partial charge in [-0.2, -0.15) is 0 Å². The van der Waals surface area contributed by atoms with Crippen LogP contribution in [-0.2, 0) is 11.2 Å². The van der Waals surface area contributed by atoms with Crippen LogP contribution in [0.15, 0.2) is 24.3 Å². The number of nitrogens with zero attached hydrogens (tertiary/aromatic N) is 1. The Balaban J connectivity index is 0.00000242. The molecule has 0 aliphatic carbocycles. The van der Waals surface area contributed by atoms with Crippen LogP contribution in [-0.4, -0.2) is 36.9 Å². The predicted molar refractivity (Wildman–Crippen MR) is 93.1 cm³/mol. The third-order valence-electron chi connectivity index (χ3n) is 4.03. The molecule has 1 aliphatic rings. The Morgan fingerprint density at radius 3 is 2.45 bits per heavy atom. The maximum atomic E-state index is 11.0. The summed E-state index contributed by atoms with van der Waals surface area (Å²) in [5, 5.41) is 0. The molecule has 1 aliphatic heterocycles. The van der Waals surface area contributed by atoms with Gasteiger partial charge in [-0.05, 0) is 63.4 Å². The molecule has 22 heavy (non-hydrogen) atoms. The molecule has 1 aromatic carbocycles. The number of hydrogen-bond donors (Lipinski definition) is 0. The molecule has 0 unspecified atom stereocenters. The van der Waals surface area contributed by atoms with Crippen molar-refractivity contribution in [3.8, 4) is 5.75 Å². The number of benzene rings is 1. The third-order valence-corrected chi connectivity index (χ3v) is 4.03. The molecule has 0 amide bonds. The van der Waals surface area contributed by atoms with Gasteiger partial charge in [0.05, 0.1) is 6.61 Å². The van der Waals surface area contributed by atoms with E-state index in [4.69, 9.17) is 4.74 Å². The van der Waals surface area contributed by atoms with Crippen molar-refractivity contribution in [3.63, 3.8) is 0 Å². The third kappa shape index (κ3) is 7.28. The Hall–Kier alpha value is -1.06. The van der Waals surface area contributed by atoms with Gasteiger partial charge in [-0.3, -0.25) is 0 Å². The van der Waals surface area contributed by atoms with Crippen LogP contribution >= 0.6 is 12.4 Å². The average Bonchev–Trinajstić information content (AvgIpc) is 2.52. The Morgan fingerprint density at radius 2 is 1.82 bits per heavy atom. The van der Waals surface area contributed by atoms with Crippen molar-refractivity contribution in [1.29, 1.82) is 0 Å². The highest BCUT2D eigenvalue weighted by molar-refractivity contribution is 5.85. The van der Waals surface area contributed by atoms with Gasteiger partial charge in [0.2, 0.25) is 0 Å². The van der Waals surface area contributed by atoms with E-state index >= 15 is 0 Å². The Kier molecular flexibility index (Phi) is 9.17. The first-order valence-electron chi connectivity index (χ1n) is 8.17. The summed E-state index contributed by atoms with van der Waals surface area (Å²) in [7, 11) is 0. The minimum Gasteiger partial charge on any atom is -0.494 e. The quantitative estimate of drug-likeness (QED) is 0.679. The molecule has 0 N–H and O–H groups in total. The number of hydrogen-bond acceptors (Lipinski definition) is 3. The first-order chi connectivity index (χ1) is 10.2. The molecule has 0 spiro atoms. The topological polar surface area (TPSA) is 29.5 Å². The van der Waals surface area contributed by atoms with Gasteiger partial charge >= 0.3 is 0 Å². The van der Waals surface area contributed by atoms with E-state index in [1.165, 1.54) is 37.9 Å². The lowest BCUT2D eigenvalue weighted by molar-refractivity contribution is -0.116. The van der Waals surface area contributed by atoms with Crippen LogP contribution in [0.1, 0.15) is 44.6 Å². The Morgan fingerprint density at radius 1 is 1.14 bits per heavy atom. The highest BCUT2D eigenvalue weighted by atomic mass is 35.5. The predicted octanol–water partition coefficient (Wildman–Crippen LogP) is 3.88. The summed E-state index contributed by atoms with van der Waals surface area (Å²) in [6.45, 7) is 6.08. The average molecular weight is 326 g/mol. The number of rotatable bonds is 8. The number of ketones is 1. The fraction of sp³-hybridized carbons (Fsp3) is 0.611. The zero-order valence-corrected chi connectivity index (χ0v) is 14.4. The summed E-state index contributed by atoms with van der Waals surface area (Å²) >= 11 is 0. The van der Waals surface area contributed by atoms with E-state index in [0.29, 0.717) is 6.42 Å². The number of piperidine rings is 1. The summed E-state index contributed by atoms with van der Waals surface area (Å²) in [4.78, 5) is 13.5.